The van der Waals surface area contributed by atoms with Gasteiger partial charge in [0.2, 0.25) is 0 Å². The molecule has 1 aliphatic carbocycles. The van der Waals surface area contributed by atoms with E-state index in [0.29, 0.717) is 11.3 Å². The van der Waals surface area contributed by atoms with Gasteiger partial charge in [-0.2, -0.15) is 0 Å². The summed E-state index contributed by atoms with van der Waals surface area (Å²) in [5, 5.41) is 3.06. The molecule has 0 saturated heterocycles. The minimum absolute atomic E-state index is 0.0837. The molecule has 1 amide bonds. The number of carbonyl (C=O) groups excluding carboxylic acids is 1. The summed E-state index contributed by atoms with van der Waals surface area (Å²) >= 11 is 5.00. The van der Waals surface area contributed by atoms with E-state index in [0.717, 1.165) is 12.8 Å². The van der Waals surface area contributed by atoms with E-state index in [2.05, 4.69) is 5.32 Å². The summed E-state index contributed by atoms with van der Waals surface area (Å²) in [5.74, 6) is 0.468. The van der Waals surface area contributed by atoms with Crippen LogP contribution in [0.2, 0.25) is 0 Å². The minimum Gasteiger partial charge on any atom is -0.480 e. The van der Waals surface area contributed by atoms with Crippen molar-refractivity contribution < 1.29 is 9.53 Å². The first-order valence-corrected chi connectivity index (χ1v) is 7.84. The van der Waals surface area contributed by atoms with Crippen LogP contribution in [0.25, 0.3) is 0 Å². The molecule has 1 unspecified atom stereocenters. The van der Waals surface area contributed by atoms with E-state index < -0.39 is 6.10 Å². The Labute approximate surface area is 131 Å². The monoisotopic (exact) mass is 306 g/mol. The molecule has 0 bridgehead atoms. The van der Waals surface area contributed by atoms with Gasteiger partial charge < -0.3 is 15.8 Å². The molecule has 1 aromatic rings. The van der Waals surface area contributed by atoms with Crippen molar-refractivity contribution in [2.75, 3.05) is 0 Å². The number of nitrogens with one attached hydrogen (secondary N) is 1. The van der Waals surface area contributed by atoms with Crippen LogP contribution in [0.5, 0.6) is 5.75 Å². The number of rotatable bonds is 5. The summed E-state index contributed by atoms with van der Waals surface area (Å²) in [6.45, 7) is 1.74. The van der Waals surface area contributed by atoms with Gasteiger partial charge in [0.25, 0.3) is 5.91 Å². The Morgan fingerprint density at radius 1 is 1.33 bits per heavy atom. The number of carbonyl (C=O) groups is 1. The lowest BCUT2D eigenvalue weighted by Crippen LogP contribution is -2.43. The first kappa shape index (κ1) is 15.8. The molecule has 3 N–H and O–H groups in total. The van der Waals surface area contributed by atoms with Gasteiger partial charge in [0, 0.05) is 6.04 Å². The summed E-state index contributed by atoms with van der Waals surface area (Å²) in [6.07, 6.45) is 5.18. The number of ether oxygens (including phenoxy) is 1. The quantitative estimate of drug-likeness (QED) is 0.821. The van der Waals surface area contributed by atoms with Crippen LogP contribution < -0.4 is 15.8 Å². The first-order chi connectivity index (χ1) is 10.1. The van der Waals surface area contributed by atoms with Crippen molar-refractivity contribution in [3.63, 3.8) is 0 Å². The summed E-state index contributed by atoms with van der Waals surface area (Å²) < 4.78 is 5.73. The van der Waals surface area contributed by atoms with Gasteiger partial charge in [-0.15, -0.1) is 0 Å². The van der Waals surface area contributed by atoms with Crippen LogP contribution in [0.15, 0.2) is 24.3 Å². The van der Waals surface area contributed by atoms with Gasteiger partial charge in [0.1, 0.15) is 10.7 Å². The van der Waals surface area contributed by atoms with E-state index in [-0.39, 0.29) is 16.9 Å². The molecular weight excluding hydrogens is 284 g/mol. The molecule has 1 atom stereocenters. The van der Waals surface area contributed by atoms with E-state index in [9.17, 15) is 4.79 Å². The number of thiocarbonyl (C=S) groups is 1. The van der Waals surface area contributed by atoms with Crippen LogP contribution in [-0.2, 0) is 4.79 Å². The molecule has 1 saturated carbocycles. The standard InChI is InChI=1S/C16H22N2O2S/c1-11(16(19)18-12-7-3-2-4-8-12)20-14-10-6-5-9-13(14)15(17)21/h5-6,9-12H,2-4,7-8H2,1H3,(H2,17,21)(H,18,19). The molecular formula is C16H22N2O2S. The van der Waals surface area contributed by atoms with E-state index in [4.69, 9.17) is 22.7 Å². The van der Waals surface area contributed by atoms with E-state index >= 15 is 0 Å². The second-order valence-corrected chi connectivity index (χ2v) is 5.90. The summed E-state index contributed by atoms with van der Waals surface area (Å²) in [5.41, 5.74) is 6.32. The average Bonchev–Trinajstić information content (AvgIpc) is 2.48. The van der Waals surface area contributed by atoms with Crippen molar-refractivity contribution in [3.8, 4) is 5.75 Å². The Morgan fingerprint density at radius 3 is 2.67 bits per heavy atom. The molecule has 0 spiro atoms. The van der Waals surface area contributed by atoms with E-state index in [1.165, 1.54) is 19.3 Å². The zero-order valence-electron chi connectivity index (χ0n) is 12.3. The molecule has 21 heavy (non-hydrogen) atoms. The van der Waals surface area contributed by atoms with E-state index in [1.807, 2.05) is 12.1 Å². The van der Waals surface area contributed by atoms with Crippen molar-refractivity contribution >= 4 is 23.1 Å². The largest absolute Gasteiger partial charge is 0.480 e. The molecule has 2 rings (SSSR count). The highest BCUT2D eigenvalue weighted by Crippen LogP contribution is 2.20. The zero-order chi connectivity index (χ0) is 15.2. The van der Waals surface area contributed by atoms with Crippen LogP contribution in [-0.4, -0.2) is 23.0 Å². The molecule has 0 aliphatic heterocycles. The van der Waals surface area contributed by atoms with Gasteiger partial charge in [-0.05, 0) is 31.9 Å². The maximum absolute atomic E-state index is 12.2. The molecule has 1 aromatic carbocycles. The van der Waals surface area contributed by atoms with Gasteiger partial charge in [0.05, 0.1) is 5.56 Å². The minimum atomic E-state index is -0.567. The average molecular weight is 306 g/mol. The Kier molecular flexibility index (Phi) is 5.56. The maximum Gasteiger partial charge on any atom is 0.260 e. The summed E-state index contributed by atoms with van der Waals surface area (Å²) in [6, 6.07) is 7.53. The maximum atomic E-state index is 12.2. The third kappa shape index (κ3) is 4.43. The number of benzene rings is 1. The summed E-state index contributed by atoms with van der Waals surface area (Å²) in [7, 11) is 0. The number of para-hydroxylation sites is 1. The Hall–Kier alpha value is -1.62. The fourth-order valence-corrected chi connectivity index (χ4v) is 2.75. The second-order valence-electron chi connectivity index (χ2n) is 5.46. The Balaban J connectivity index is 1.95. The highest BCUT2D eigenvalue weighted by molar-refractivity contribution is 7.80. The molecule has 1 fully saturated rings. The number of amides is 1. The summed E-state index contributed by atoms with van der Waals surface area (Å²) in [4.78, 5) is 12.5. The highest BCUT2D eigenvalue weighted by atomic mass is 32.1. The van der Waals surface area contributed by atoms with Crippen molar-refractivity contribution in [1.29, 1.82) is 0 Å². The van der Waals surface area contributed by atoms with Gasteiger partial charge in [-0.25, -0.2) is 0 Å². The van der Waals surface area contributed by atoms with Crippen molar-refractivity contribution in [2.24, 2.45) is 5.73 Å². The number of hydrogen-bond donors (Lipinski definition) is 2. The smallest absolute Gasteiger partial charge is 0.260 e. The van der Waals surface area contributed by atoms with Crippen LogP contribution in [0, 0.1) is 0 Å². The van der Waals surface area contributed by atoms with Crippen LogP contribution in [0.1, 0.15) is 44.6 Å². The molecule has 0 radical (unpaired) electrons. The van der Waals surface area contributed by atoms with E-state index in [1.54, 1.807) is 19.1 Å². The van der Waals surface area contributed by atoms with Gasteiger partial charge >= 0.3 is 0 Å². The SMILES string of the molecule is CC(Oc1ccccc1C(N)=S)C(=O)NC1CCCCC1. The van der Waals surface area contributed by atoms with Crippen LogP contribution >= 0.6 is 12.2 Å². The van der Waals surface area contributed by atoms with Crippen LogP contribution in [0.4, 0.5) is 0 Å². The fourth-order valence-electron chi connectivity index (χ4n) is 2.58. The molecule has 0 aromatic heterocycles. The Morgan fingerprint density at radius 2 is 2.00 bits per heavy atom. The predicted octanol–water partition coefficient (Wildman–Crippen LogP) is 2.54. The van der Waals surface area contributed by atoms with Crippen molar-refractivity contribution in [3.05, 3.63) is 29.8 Å². The molecule has 4 nitrogen and oxygen atoms in total. The lowest BCUT2D eigenvalue weighted by Gasteiger charge is -2.25. The van der Waals surface area contributed by atoms with Gasteiger partial charge in [-0.1, -0.05) is 43.6 Å². The molecule has 1 aliphatic rings. The molecule has 0 heterocycles. The zero-order valence-corrected chi connectivity index (χ0v) is 13.1. The third-order valence-electron chi connectivity index (χ3n) is 3.78. The lowest BCUT2D eigenvalue weighted by molar-refractivity contribution is -0.128. The number of hydrogen-bond acceptors (Lipinski definition) is 3. The molecule has 5 heteroatoms. The van der Waals surface area contributed by atoms with Gasteiger partial charge in [0.15, 0.2) is 6.10 Å². The fraction of sp³-hybridized carbons (Fsp3) is 0.500. The third-order valence-corrected chi connectivity index (χ3v) is 4.00. The lowest BCUT2D eigenvalue weighted by atomic mass is 9.95. The molecule has 114 valence electrons. The second kappa shape index (κ2) is 7.41. The normalized spacial score (nSPS) is 17.0. The van der Waals surface area contributed by atoms with Crippen molar-refractivity contribution in [2.45, 2.75) is 51.2 Å². The van der Waals surface area contributed by atoms with Crippen molar-refractivity contribution in [1.82, 2.24) is 5.32 Å². The Bertz CT molecular complexity index is 513. The van der Waals surface area contributed by atoms with Gasteiger partial charge in [-0.3, -0.25) is 4.79 Å². The predicted molar refractivity (Wildman–Crippen MR) is 87.4 cm³/mol. The van der Waals surface area contributed by atoms with Crippen LogP contribution in [0.3, 0.4) is 0 Å². The topological polar surface area (TPSA) is 64.3 Å². The first-order valence-electron chi connectivity index (χ1n) is 7.44. The highest BCUT2D eigenvalue weighted by Gasteiger charge is 2.21. The number of nitrogens with two attached hydrogens (primary N) is 1.